The van der Waals surface area contributed by atoms with Crippen LogP contribution in [0.5, 0.6) is 0 Å². The lowest BCUT2D eigenvalue weighted by Gasteiger charge is -2.01. The Morgan fingerprint density at radius 3 is 2.62 bits per heavy atom. The number of hydrogen-bond acceptors (Lipinski definition) is 3. The molecule has 0 saturated carbocycles. The quantitative estimate of drug-likeness (QED) is 0.916. The van der Waals surface area contributed by atoms with Crippen LogP contribution in [0.2, 0.25) is 10.0 Å². The average molecular weight is 257 g/mol. The third kappa shape index (κ3) is 2.21. The summed E-state index contributed by atoms with van der Waals surface area (Å²) in [6.45, 7) is 0.644. The number of oxazole rings is 1. The summed E-state index contributed by atoms with van der Waals surface area (Å²) in [4.78, 5) is 4.29. The van der Waals surface area contributed by atoms with Gasteiger partial charge in [0, 0.05) is 6.54 Å². The molecule has 0 amide bonds. The van der Waals surface area contributed by atoms with Crippen LogP contribution in [0.4, 0.5) is 0 Å². The van der Waals surface area contributed by atoms with Gasteiger partial charge in [0.2, 0.25) is 5.89 Å². The first-order valence-corrected chi connectivity index (χ1v) is 5.51. The molecule has 0 aliphatic carbocycles. The van der Waals surface area contributed by atoms with E-state index in [-0.39, 0.29) is 0 Å². The van der Waals surface area contributed by atoms with E-state index in [1.165, 1.54) is 0 Å². The molecule has 0 radical (unpaired) electrons. The molecular weight excluding hydrogens is 247 g/mol. The number of nitrogens with zero attached hydrogens (tertiary/aromatic N) is 1. The minimum Gasteiger partial charge on any atom is -0.444 e. The van der Waals surface area contributed by atoms with Gasteiger partial charge in [-0.25, -0.2) is 4.98 Å². The Balaban J connectivity index is 2.42. The first kappa shape index (κ1) is 11.5. The van der Waals surface area contributed by atoms with Gasteiger partial charge >= 0.3 is 0 Å². The predicted octanol–water partition coefficient (Wildman–Crippen LogP) is 3.37. The number of nitrogens with one attached hydrogen (secondary N) is 1. The molecule has 1 aromatic heterocycles. The Labute approximate surface area is 103 Å². The van der Waals surface area contributed by atoms with Crippen molar-refractivity contribution in [3.05, 3.63) is 40.2 Å². The molecule has 0 unspecified atom stereocenters. The van der Waals surface area contributed by atoms with E-state index in [9.17, 15) is 0 Å². The SMILES string of the molecule is CNCc1coc(-c2c(Cl)cccc2Cl)n1. The predicted molar refractivity (Wildman–Crippen MR) is 64.7 cm³/mol. The lowest BCUT2D eigenvalue weighted by atomic mass is 10.2. The van der Waals surface area contributed by atoms with Crippen LogP contribution in [0.25, 0.3) is 11.5 Å². The van der Waals surface area contributed by atoms with Crippen molar-refractivity contribution in [2.75, 3.05) is 7.05 Å². The maximum absolute atomic E-state index is 6.05. The maximum atomic E-state index is 6.05. The zero-order valence-electron chi connectivity index (χ0n) is 8.63. The molecule has 3 nitrogen and oxygen atoms in total. The number of rotatable bonds is 3. The monoisotopic (exact) mass is 256 g/mol. The van der Waals surface area contributed by atoms with Crippen LogP contribution in [0, 0.1) is 0 Å². The Hall–Kier alpha value is -1.03. The molecule has 1 heterocycles. The van der Waals surface area contributed by atoms with Gasteiger partial charge in [0.05, 0.1) is 21.3 Å². The zero-order valence-corrected chi connectivity index (χ0v) is 10.1. The number of halogens is 2. The summed E-state index contributed by atoms with van der Waals surface area (Å²) in [6.07, 6.45) is 1.59. The fraction of sp³-hybridized carbons (Fsp3) is 0.182. The molecule has 1 N–H and O–H groups in total. The van der Waals surface area contributed by atoms with Gasteiger partial charge in [-0.05, 0) is 19.2 Å². The molecule has 0 bridgehead atoms. The largest absolute Gasteiger partial charge is 0.444 e. The third-order valence-corrected chi connectivity index (χ3v) is 2.72. The van der Waals surface area contributed by atoms with E-state index in [1.54, 1.807) is 24.5 Å². The van der Waals surface area contributed by atoms with Crippen molar-refractivity contribution in [2.45, 2.75) is 6.54 Å². The molecule has 0 atom stereocenters. The highest BCUT2D eigenvalue weighted by molar-refractivity contribution is 6.38. The van der Waals surface area contributed by atoms with Gasteiger partial charge in [0.15, 0.2) is 0 Å². The summed E-state index contributed by atoms with van der Waals surface area (Å²) < 4.78 is 5.34. The lowest BCUT2D eigenvalue weighted by molar-refractivity contribution is 0.571. The van der Waals surface area contributed by atoms with Crippen molar-refractivity contribution >= 4 is 23.2 Å². The summed E-state index contributed by atoms with van der Waals surface area (Å²) in [7, 11) is 1.84. The molecule has 2 rings (SSSR count). The van der Waals surface area contributed by atoms with Crippen molar-refractivity contribution < 1.29 is 4.42 Å². The normalized spacial score (nSPS) is 10.7. The maximum Gasteiger partial charge on any atom is 0.229 e. The Morgan fingerprint density at radius 2 is 2.00 bits per heavy atom. The van der Waals surface area contributed by atoms with Crippen LogP contribution in [0.15, 0.2) is 28.9 Å². The van der Waals surface area contributed by atoms with Crippen LogP contribution in [0.3, 0.4) is 0 Å². The van der Waals surface area contributed by atoms with Crippen LogP contribution in [-0.2, 0) is 6.54 Å². The van der Waals surface area contributed by atoms with E-state index < -0.39 is 0 Å². The van der Waals surface area contributed by atoms with Crippen molar-refractivity contribution in [3.8, 4) is 11.5 Å². The van der Waals surface area contributed by atoms with Crippen molar-refractivity contribution in [1.82, 2.24) is 10.3 Å². The summed E-state index contributed by atoms with van der Waals surface area (Å²) in [6, 6.07) is 5.29. The highest BCUT2D eigenvalue weighted by Crippen LogP contribution is 2.33. The van der Waals surface area contributed by atoms with Gasteiger partial charge < -0.3 is 9.73 Å². The first-order valence-electron chi connectivity index (χ1n) is 4.75. The van der Waals surface area contributed by atoms with Crippen LogP contribution < -0.4 is 5.32 Å². The van der Waals surface area contributed by atoms with E-state index >= 15 is 0 Å². The second-order valence-electron chi connectivity index (χ2n) is 3.27. The van der Waals surface area contributed by atoms with Gasteiger partial charge in [-0.2, -0.15) is 0 Å². The minimum absolute atomic E-state index is 0.445. The summed E-state index contributed by atoms with van der Waals surface area (Å²) in [5.74, 6) is 0.445. The van der Waals surface area contributed by atoms with Crippen molar-refractivity contribution in [2.24, 2.45) is 0 Å². The molecule has 1 aromatic carbocycles. The minimum atomic E-state index is 0.445. The Bertz CT molecular complexity index is 476. The van der Waals surface area contributed by atoms with Crippen LogP contribution in [0.1, 0.15) is 5.69 Å². The first-order chi connectivity index (χ1) is 7.72. The molecule has 0 fully saturated rings. The fourth-order valence-electron chi connectivity index (χ4n) is 1.39. The molecule has 84 valence electrons. The van der Waals surface area contributed by atoms with Crippen LogP contribution >= 0.6 is 23.2 Å². The van der Waals surface area contributed by atoms with E-state index in [2.05, 4.69) is 10.3 Å². The van der Waals surface area contributed by atoms with Gasteiger partial charge in [0.25, 0.3) is 0 Å². The third-order valence-electron chi connectivity index (χ3n) is 2.09. The Kier molecular flexibility index (Phi) is 3.49. The standard InChI is InChI=1S/C11H10Cl2N2O/c1-14-5-7-6-16-11(15-7)10-8(12)3-2-4-9(10)13/h2-4,6,14H,5H2,1H3. The van der Waals surface area contributed by atoms with Crippen LogP contribution in [-0.4, -0.2) is 12.0 Å². The average Bonchev–Trinajstić information content (AvgIpc) is 2.67. The number of benzene rings is 1. The fourth-order valence-corrected chi connectivity index (χ4v) is 1.95. The van der Waals surface area contributed by atoms with E-state index in [0.717, 1.165) is 5.69 Å². The number of hydrogen-bond donors (Lipinski definition) is 1. The topological polar surface area (TPSA) is 38.1 Å². The van der Waals surface area contributed by atoms with Crippen molar-refractivity contribution in [1.29, 1.82) is 0 Å². The Morgan fingerprint density at radius 1 is 1.31 bits per heavy atom. The summed E-state index contributed by atoms with van der Waals surface area (Å²) in [5, 5.41) is 4.06. The lowest BCUT2D eigenvalue weighted by Crippen LogP contribution is -2.04. The van der Waals surface area contributed by atoms with Gasteiger partial charge in [-0.3, -0.25) is 0 Å². The van der Waals surface area contributed by atoms with Gasteiger partial charge in [0.1, 0.15) is 6.26 Å². The summed E-state index contributed by atoms with van der Waals surface area (Å²) in [5.41, 5.74) is 1.45. The molecule has 0 saturated heterocycles. The molecular formula is C11H10Cl2N2O. The second kappa shape index (κ2) is 4.87. The highest BCUT2D eigenvalue weighted by atomic mass is 35.5. The van der Waals surface area contributed by atoms with Gasteiger partial charge in [-0.15, -0.1) is 0 Å². The van der Waals surface area contributed by atoms with E-state index in [1.807, 2.05) is 7.05 Å². The molecule has 16 heavy (non-hydrogen) atoms. The number of aromatic nitrogens is 1. The van der Waals surface area contributed by atoms with E-state index in [4.69, 9.17) is 27.6 Å². The molecule has 0 aliphatic heterocycles. The van der Waals surface area contributed by atoms with Gasteiger partial charge in [-0.1, -0.05) is 29.3 Å². The summed E-state index contributed by atoms with van der Waals surface area (Å²) >= 11 is 12.1. The second-order valence-corrected chi connectivity index (χ2v) is 4.09. The molecule has 2 aromatic rings. The molecule has 5 heteroatoms. The van der Waals surface area contributed by atoms with Crippen molar-refractivity contribution in [3.63, 3.8) is 0 Å². The highest BCUT2D eigenvalue weighted by Gasteiger charge is 2.13. The molecule has 0 aliphatic rings. The zero-order chi connectivity index (χ0) is 11.5. The smallest absolute Gasteiger partial charge is 0.229 e. The van der Waals surface area contributed by atoms with E-state index in [0.29, 0.717) is 28.0 Å². The molecule has 0 spiro atoms.